The van der Waals surface area contributed by atoms with Gasteiger partial charge < -0.3 is 20.7 Å². The average Bonchev–Trinajstić information content (AvgIpc) is 2.75. The minimum atomic E-state index is -0.530. The molecule has 0 heterocycles. The second-order valence-corrected chi connectivity index (χ2v) is 7.17. The number of carbonyl (C=O) groups excluding carboxylic acids is 3. The molecule has 0 aliphatic heterocycles. The molecule has 0 aliphatic rings. The van der Waals surface area contributed by atoms with Gasteiger partial charge in [-0.3, -0.25) is 14.4 Å². The molecule has 3 N–H and O–H groups in total. The minimum Gasteiger partial charge on any atom is -0.497 e. The van der Waals surface area contributed by atoms with Crippen molar-refractivity contribution < 1.29 is 19.1 Å². The van der Waals surface area contributed by atoms with Gasteiger partial charge in [-0.25, -0.2) is 0 Å². The molecule has 2 aromatic carbocycles. The van der Waals surface area contributed by atoms with Crippen LogP contribution in [0.3, 0.4) is 0 Å². The van der Waals surface area contributed by atoms with Crippen molar-refractivity contribution in [2.45, 2.75) is 26.3 Å². The summed E-state index contributed by atoms with van der Waals surface area (Å²) in [5.74, 6) is -0.797. The maximum absolute atomic E-state index is 12.4. The molecule has 1 atom stereocenters. The molecule has 2 aromatic rings. The van der Waals surface area contributed by atoms with Gasteiger partial charge in [-0.2, -0.15) is 0 Å². The molecule has 7 nitrogen and oxygen atoms in total. The topological polar surface area (TPSA) is 102 Å². The average molecular weight is 412 g/mol. The third kappa shape index (κ3) is 6.62. The van der Waals surface area contributed by atoms with Crippen LogP contribution in [0.15, 0.2) is 48.5 Å². The zero-order valence-corrected chi connectivity index (χ0v) is 17.7. The Kier molecular flexibility index (Phi) is 8.41. The molecule has 0 fully saturated rings. The van der Waals surface area contributed by atoms with E-state index in [1.165, 1.54) is 0 Å². The van der Waals surface area contributed by atoms with E-state index in [0.29, 0.717) is 13.0 Å². The summed E-state index contributed by atoms with van der Waals surface area (Å²) in [4.78, 5) is 37.2. The number of methoxy groups -OCH3 is 1. The molecular weight excluding hydrogens is 382 g/mol. The molecule has 2 rings (SSSR count). The number of nitrogens with two attached hydrogens (primary N) is 1. The Balaban J connectivity index is 1.95. The Hall–Kier alpha value is -3.35. The highest BCUT2D eigenvalue weighted by atomic mass is 16.5. The molecular formula is C23H29N3O4. The molecule has 160 valence electrons. The van der Waals surface area contributed by atoms with E-state index < -0.39 is 11.8 Å². The van der Waals surface area contributed by atoms with Crippen molar-refractivity contribution in [2.75, 3.05) is 20.7 Å². The summed E-state index contributed by atoms with van der Waals surface area (Å²) >= 11 is 0. The molecule has 0 saturated carbocycles. The lowest BCUT2D eigenvalue weighted by atomic mass is 10.0. The number of amides is 3. The van der Waals surface area contributed by atoms with Gasteiger partial charge in [-0.1, -0.05) is 37.3 Å². The fourth-order valence-electron chi connectivity index (χ4n) is 3.10. The summed E-state index contributed by atoms with van der Waals surface area (Å²) in [5, 5.41) is 2.60. The van der Waals surface area contributed by atoms with Gasteiger partial charge in [-0.05, 0) is 41.3 Å². The molecule has 0 aromatic heterocycles. The maximum atomic E-state index is 12.4. The zero-order chi connectivity index (χ0) is 22.1. The van der Waals surface area contributed by atoms with Gasteiger partial charge in [0.1, 0.15) is 5.75 Å². The maximum Gasteiger partial charge on any atom is 0.242 e. The zero-order valence-electron chi connectivity index (χ0n) is 17.7. The van der Waals surface area contributed by atoms with Crippen LogP contribution in [0.5, 0.6) is 5.75 Å². The van der Waals surface area contributed by atoms with E-state index in [1.54, 1.807) is 26.0 Å². The van der Waals surface area contributed by atoms with E-state index in [0.717, 1.165) is 22.4 Å². The molecule has 0 radical (unpaired) electrons. The van der Waals surface area contributed by atoms with Crippen LogP contribution in [0.25, 0.3) is 11.1 Å². The second-order valence-electron chi connectivity index (χ2n) is 7.17. The quantitative estimate of drug-likeness (QED) is 0.626. The predicted octanol–water partition coefficient (Wildman–Crippen LogP) is 2.34. The molecule has 0 aliphatic carbocycles. The molecule has 30 heavy (non-hydrogen) atoms. The molecule has 0 saturated heterocycles. The summed E-state index contributed by atoms with van der Waals surface area (Å²) in [6, 6.07) is 15.7. The number of nitrogens with one attached hydrogen (secondary N) is 1. The van der Waals surface area contributed by atoms with Crippen LogP contribution in [-0.2, 0) is 20.9 Å². The summed E-state index contributed by atoms with van der Waals surface area (Å²) in [6.07, 6.45) is 0.460. The number of hydrogen-bond donors (Lipinski definition) is 2. The lowest BCUT2D eigenvalue weighted by Crippen LogP contribution is -2.40. The van der Waals surface area contributed by atoms with Crippen LogP contribution < -0.4 is 15.8 Å². The van der Waals surface area contributed by atoms with Gasteiger partial charge in [0.15, 0.2) is 0 Å². The van der Waals surface area contributed by atoms with E-state index >= 15 is 0 Å². The highest BCUT2D eigenvalue weighted by Crippen LogP contribution is 2.23. The minimum absolute atomic E-state index is 0.0233. The first-order chi connectivity index (χ1) is 14.3. The second kappa shape index (κ2) is 11.0. The van der Waals surface area contributed by atoms with Crippen LogP contribution in [0.1, 0.15) is 25.3 Å². The van der Waals surface area contributed by atoms with E-state index in [-0.39, 0.29) is 24.8 Å². The van der Waals surface area contributed by atoms with Gasteiger partial charge in [0, 0.05) is 25.9 Å². The standard InChI is InChI=1S/C23H29N3O4/c1-4-17(13-21(24)27)23(29)25-14-22(28)26(2)15-16-6-5-7-19(12-16)18-8-10-20(30-3)11-9-18/h5-12,17H,4,13-15H2,1-3H3,(H2,24,27)(H,25,29). The monoisotopic (exact) mass is 411 g/mol. The molecule has 1 unspecified atom stereocenters. The van der Waals surface area contributed by atoms with E-state index in [9.17, 15) is 14.4 Å². The summed E-state index contributed by atoms with van der Waals surface area (Å²) in [7, 11) is 3.32. The number of hydrogen-bond acceptors (Lipinski definition) is 4. The number of ether oxygens (including phenoxy) is 1. The molecule has 3 amide bonds. The number of nitrogens with zero attached hydrogens (tertiary/aromatic N) is 1. The SMILES string of the molecule is CCC(CC(N)=O)C(=O)NCC(=O)N(C)Cc1cccc(-c2ccc(OC)cc2)c1. The highest BCUT2D eigenvalue weighted by molar-refractivity contribution is 5.88. The Morgan fingerprint density at radius 3 is 2.40 bits per heavy atom. The van der Waals surface area contributed by atoms with E-state index in [4.69, 9.17) is 10.5 Å². The molecule has 7 heteroatoms. The lowest BCUT2D eigenvalue weighted by molar-refractivity contribution is -0.134. The smallest absolute Gasteiger partial charge is 0.242 e. The third-order valence-electron chi connectivity index (χ3n) is 4.92. The Morgan fingerprint density at radius 1 is 1.10 bits per heavy atom. The largest absolute Gasteiger partial charge is 0.497 e. The number of primary amides is 1. The van der Waals surface area contributed by atoms with Gasteiger partial charge >= 0.3 is 0 Å². The fourth-order valence-corrected chi connectivity index (χ4v) is 3.10. The van der Waals surface area contributed by atoms with Crippen molar-refractivity contribution >= 4 is 17.7 Å². The van der Waals surface area contributed by atoms with Gasteiger partial charge in [0.05, 0.1) is 13.7 Å². The molecule has 0 bridgehead atoms. The van der Waals surface area contributed by atoms with Crippen LogP contribution in [-0.4, -0.2) is 43.3 Å². The number of rotatable bonds is 10. The Morgan fingerprint density at radius 2 is 1.80 bits per heavy atom. The normalized spacial score (nSPS) is 11.4. The van der Waals surface area contributed by atoms with E-state index in [2.05, 4.69) is 5.32 Å². The number of carbonyl (C=O) groups is 3. The van der Waals surface area contributed by atoms with Crippen molar-refractivity contribution in [1.82, 2.24) is 10.2 Å². The van der Waals surface area contributed by atoms with Gasteiger partial charge in [-0.15, -0.1) is 0 Å². The fraction of sp³-hybridized carbons (Fsp3) is 0.348. The van der Waals surface area contributed by atoms with Gasteiger partial charge in [0.25, 0.3) is 0 Å². The molecule has 0 spiro atoms. The Bertz CT molecular complexity index is 880. The van der Waals surface area contributed by atoms with Crippen molar-refractivity contribution in [3.63, 3.8) is 0 Å². The summed E-state index contributed by atoms with van der Waals surface area (Å²) in [5.41, 5.74) is 8.24. The number of benzene rings is 2. The predicted molar refractivity (Wildman–Crippen MR) is 116 cm³/mol. The first-order valence-corrected chi connectivity index (χ1v) is 9.87. The van der Waals surface area contributed by atoms with Gasteiger partial charge in [0.2, 0.25) is 17.7 Å². The number of likely N-dealkylation sites (N-methyl/N-ethyl adjacent to an activating group) is 1. The van der Waals surface area contributed by atoms with Crippen LogP contribution >= 0.6 is 0 Å². The Labute approximate surface area is 177 Å². The first-order valence-electron chi connectivity index (χ1n) is 9.87. The van der Waals surface area contributed by atoms with Crippen molar-refractivity contribution in [3.8, 4) is 16.9 Å². The van der Waals surface area contributed by atoms with Crippen molar-refractivity contribution in [2.24, 2.45) is 11.7 Å². The van der Waals surface area contributed by atoms with Crippen molar-refractivity contribution in [1.29, 1.82) is 0 Å². The highest BCUT2D eigenvalue weighted by Gasteiger charge is 2.20. The lowest BCUT2D eigenvalue weighted by Gasteiger charge is -2.19. The van der Waals surface area contributed by atoms with E-state index in [1.807, 2.05) is 48.5 Å². The third-order valence-corrected chi connectivity index (χ3v) is 4.92. The summed E-state index contributed by atoms with van der Waals surface area (Å²) in [6.45, 7) is 2.09. The first kappa shape index (κ1) is 22.9. The summed E-state index contributed by atoms with van der Waals surface area (Å²) < 4.78 is 5.19. The van der Waals surface area contributed by atoms with Crippen LogP contribution in [0.2, 0.25) is 0 Å². The van der Waals surface area contributed by atoms with Crippen LogP contribution in [0, 0.1) is 5.92 Å². The van der Waals surface area contributed by atoms with Crippen LogP contribution in [0.4, 0.5) is 0 Å². The van der Waals surface area contributed by atoms with Crippen molar-refractivity contribution in [3.05, 3.63) is 54.1 Å².